The number of aromatic nitrogens is 4. The first-order valence-electron chi connectivity index (χ1n) is 13.1. The highest BCUT2D eigenvalue weighted by atomic mass is 32.2. The summed E-state index contributed by atoms with van der Waals surface area (Å²) >= 11 is 6.24. The van der Waals surface area contributed by atoms with Crippen LogP contribution in [0.1, 0.15) is 75.6 Å². The maximum Gasteiger partial charge on any atom is 0.534 e. The minimum Gasteiger partial charge on any atom is -0.356 e. The molecule has 0 saturated heterocycles. The van der Waals surface area contributed by atoms with Crippen molar-refractivity contribution in [1.29, 1.82) is 0 Å². The lowest BCUT2D eigenvalue weighted by molar-refractivity contribution is -0.0502. The number of rotatable bonds is 6. The second kappa shape index (κ2) is 15.4. The van der Waals surface area contributed by atoms with E-state index in [1.165, 1.54) is 89.0 Å². The van der Waals surface area contributed by atoms with E-state index >= 15 is 0 Å². The fourth-order valence-electron chi connectivity index (χ4n) is 4.47. The van der Waals surface area contributed by atoms with Crippen LogP contribution >= 0.6 is 24.4 Å². The van der Waals surface area contributed by atoms with Crippen molar-refractivity contribution < 1.29 is 25.8 Å². The number of nitrogens with zero attached hydrogens (tertiary/aromatic N) is 4. The average Bonchev–Trinajstić information content (AvgIpc) is 3.36. The minimum atomic E-state index is -5.62. The topological polar surface area (TPSA) is 79.0 Å². The van der Waals surface area contributed by atoms with E-state index < -0.39 is 21.5 Å². The minimum absolute atomic E-state index is 0.352. The zero-order chi connectivity index (χ0) is 28.3. The van der Waals surface area contributed by atoms with Crippen LogP contribution in [0.3, 0.4) is 0 Å². The average molecular weight is 599 g/mol. The van der Waals surface area contributed by atoms with E-state index in [0.29, 0.717) is 5.69 Å². The molecular weight excluding hydrogens is 557 g/mol. The van der Waals surface area contributed by atoms with Gasteiger partial charge in [-0.3, -0.25) is 4.68 Å². The molecule has 0 unspecified atom stereocenters. The van der Waals surface area contributed by atoms with Crippen LogP contribution in [0.25, 0.3) is 0 Å². The van der Waals surface area contributed by atoms with E-state index in [1.54, 1.807) is 0 Å². The molecule has 2 saturated carbocycles. The lowest BCUT2D eigenvalue weighted by atomic mass is 9.91. The fraction of sp³-hybridized carbons (Fsp3) is 0.760. The molecule has 2 aliphatic rings. The summed E-state index contributed by atoms with van der Waals surface area (Å²) in [6, 6.07) is 3.27. The lowest BCUT2D eigenvalue weighted by Crippen LogP contribution is -2.28. The van der Waals surface area contributed by atoms with Crippen molar-refractivity contribution >= 4 is 34.5 Å². The maximum absolute atomic E-state index is 11.9. The van der Waals surface area contributed by atoms with Gasteiger partial charge < -0.3 is 4.18 Å². The van der Waals surface area contributed by atoms with Gasteiger partial charge in [-0.15, -0.1) is 11.8 Å². The molecule has 4 rings (SSSR count). The fourth-order valence-corrected chi connectivity index (χ4v) is 6.53. The lowest BCUT2D eigenvalue weighted by Gasteiger charge is -2.20. The van der Waals surface area contributed by atoms with Crippen LogP contribution in [0, 0.1) is 25.7 Å². The standard InChI is InChI=1S/C12H20N2S.C7H14S.C6H7F3N2O3S/c1-10-8-12(14(2)13-10)15-9-11-6-4-3-5-7-11;8-6-7-4-2-1-3-5-7;1-4-3-5(11(2)10-4)14-15(12,13)6(7,8)9/h8,11H,3-7,9H2,1-2H3;7-8H,1-6H2;3H,1-2H3. The normalized spacial score (nSPS) is 17.3. The third-order valence-electron chi connectivity index (χ3n) is 6.57. The SMILES string of the molecule is Cc1cc(OS(=O)(=O)C(F)(F)F)n(C)n1.Cc1cc(SCC2CCCCC2)n(C)n1.SCC1CCCCC1. The van der Waals surface area contributed by atoms with Gasteiger partial charge in [0.25, 0.3) is 0 Å². The zero-order valence-corrected chi connectivity index (χ0v) is 25.2. The number of thioether (sulfide) groups is 1. The number of halogens is 3. The van der Waals surface area contributed by atoms with Crippen LogP contribution in [0.15, 0.2) is 17.2 Å². The molecule has 0 amide bonds. The maximum atomic E-state index is 11.9. The number of thiol groups is 1. The summed E-state index contributed by atoms with van der Waals surface area (Å²) in [7, 11) is -2.31. The van der Waals surface area contributed by atoms with E-state index in [9.17, 15) is 21.6 Å². The van der Waals surface area contributed by atoms with Gasteiger partial charge in [0.1, 0.15) is 0 Å². The number of hydrogen-bond donors (Lipinski definition) is 1. The van der Waals surface area contributed by atoms with Gasteiger partial charge in [-0.25, -0.2) is 4.68 Å². The molecule has 0 aromatic carbocycles. The third kappa shape index (κ3) is 11.0. The molecule has 0 spiro atoms. The van der Waals surface area contributed by atoms with Gasteiger partial charge in [0, 0.05) is 25.9 Å². The Morgan fingerprint density at radius 3 is 1.82 bits per heavy atom. The Balaban J connectivity index is 0.000000210. The molecule has 38 heavy (non-hydrogen) atoms. The smallest absolute Gasteiger partial charge is 0.356 e. The molecule has 218 valence electrons. The molecular formula is C25H41F3N4O3S3. The predicted molar refractivity (Wildman–Crippen MR) is 149 cm³/mol. The van der Waals surface area contributed by atoms with Crippen molar-refractivity contribution in [2.75, 3.05) is 11.5 Å². The van der Waals surface area contributed by atoms with Gasteiger partial charge in [-0.2, -0.15) is 44.4 Å². The molecule has 2 fully saturated rings. The molecule has 2 heterocycles. The van der Waals surface area contributed by atoms with E-state index in [-0.39, 0.29) is 0 Å². The van der Waals surface area contributed by atoms with Gasteiger partial charge >= 0.3 is 15.6 Å². The van der Waals surface area contributed by atoms with E-state index in [1.807, 2.05) is 23.5 Å². The monoisotopic (exact) mass is 598 g/mol. The van der Waals surface area contributed by atoms with E-state index in [4.69, 9.17) is 0 Å². The van der Waals surface area contributed by atoms with Crippen molar-refractivity contribution in [1.82, 2.24) is 19.6 Å². The van der Waals surface area contributed by atoms with Gasteiger partial charge in [-0.05, 0) is 63.2 Å². The summed E-state index contributed by atoms with van der Waals surface area (Å²) in [5, 5.41) is 9.33. The van der Waals surface area contributed by atoms with Gasteiger partial charge in [0.2, 0.25) is 5.88 Å². The molecule has 0 atom stereocenters. The first-order chi connectivity index (χ1) is 17.8. The molecule has 0 bridgehead atoms. The Labute approximate surface area is 234 Å². The van der Waals surface area contributed by atoms with Gasteiger partial charge in [0.05, 0.1) is 16.4 Å². The highest BCUT2D eigenvalue weighted by Crippen LogP contribution is 2.30. The Bertz CT molecular complexity index is 1080. The Hall–Kier alpha value is -1.34. The zero-order valence-electron chi connectivity index (χ0n) is 22.7. The van der Waals surface area contributed by atoms with Crippen molar-refractivity contribution in [3.63, 3.8) is 0 Å². The number of alkyl halides is 3. The molecule has 13 heteroatoms. The van der Waals surface area contributed by atoms with Crippen molar-refractivity contribution in [2.45, 2.75) is 88.6 Å². The molecule has 7 nitrogen and oxygen atoms in total. The van der Waals surface area contributed by atoms with Crippen LogP contribution < -0.4 is 4.18 Å². The molecule has 0 aliphatic heterocycles. The molecule has 2 aromatic heterocycles. The molecule has 0 radical (unpaired) electrons. The highest BCUT2D eigenvalue weighted by molar-refractivity contribution is 7.99. The molecule has 0 N–H and O–H groups in total. The Morgan fingerprint density at radius 1 is 0.921 bits per heavy atom. The predicted octanol–water partition coefficient (Wildman–Crippen LogP) is 6.85. The van der Waals surface area contributed by atoms with Crippen molar-refractivity contribution in [2.24, 2.45) is 25.9 Å². The van der Waals surface area contributed by atoms with Crippen LogP contribution in [-0.4, -0.2) is 45.0 Å². The van der Waals surface area contributed by atoms with Gasteiger partial charge in [0.15, 0.2) is 0 Å². The van der Waals surface area contributed by atoms with Crippen molar-refractivity contribution in [3.05, 3.63) is 23.5 Å². The summed E-state index contributed by atoms with van der Waals surface area (Å²) in [5.41, 5.74) is -3.96. The quantitative estimate of drug-likeness (QED) is 0.170. The Kier molecular flexibility index (Phi) is 13.4. The second-order valence-corrected chi connectivity index (χ2v) is 12.9. The van der Waals surface area contributed by atoms with Crippen LogP contribution in [0.2, 0.25) is 0 Å². The summed E-state index contributed by atoms with van der Waals surface area (Å²) in [4.78, 5) is 0. The number of hydrogen-bond acceptors (Lipinski definition) is 7. The summed E-state index contributed by atoms with van der Waals surface area (Å²) in [5.74, 6) is 3.80. The van der Waals surface area contributed by atoms with E-state index in [0.717, 1.165) is 34.0 Å². The van der Waals surface area contributed by atoms with E-state index in [2.05, 4.69) is 40.0 Å². The first kappa shape index (κ1) is 32.9. The van der Waals surface area contributed by atoms with Crippen molar-refractivity contribution in [3.8, 4) is 5.88 Å². The largest absolute Gasteiger partial charge is 0.534 e. The third-order valence-corrected chi connectivity index (χ3v) is 9.36. The van der Waals surface area contributed by atoms with Crippen LogP contribution in [-0.2, 0) is 24.2 Å². The molecule has 2 aliphatic carbocycles. The summed E-state index contributed by atoms with van der Waals surface area (Å²) < 4.78 is 63.7. The molecule has 2 aromatic rings. The highest BCUT2D eigenvalue weighted by Gasteiger charge is 2.49. The first-order valence-corrected chi connectivity index (χ1v) is 16.1. The second-order valence-electron chi connectivity index (χ2n) is 9.98. The summed E-state index contributed by atoms with van der Waals surface area (Å²) in [6.45, 7) is 3.55. The van der Waals surface area contributed by atoms with Crippen LogP contribution in [0.4, 0.5) is 13.2 Å². The number of aryl methyl sites for hydroxylation is 4. The summed E-state index contributed by atoms with van der Waals surface area (Å²) in [6.07, 6.45) is 14.4. The Morgan fingerprint density at radius 2 is 1.42 bits per heavy atom. The van der Waals surface area contributed by atoms with Gasteiger partial charge in [-0.1, -0.05) is 38.5 Å². The van der Waals surface area contributed by atoms with Crippen LogP contribution in [0.5, 0.6) is 5.88 Å².